The largest absolute Gasteiger partial charge is 0.346 e. The molecular weight excluding hydrogens is 362 g/mol. The Labute approximate surface area is 158 Å². The number of carbonyl (C=O) groups excluding carboxylic acids is 1. The number of carbonyl (C=O) groups is 1. The van der Waals surface area contributed by atoms with Crippen molar-refractivity contribution in [2.24, 2.45) is 0 Å². The van der Waals surface area contributed by atoms with Crippen LogP contribution < -0.4 is 5.32 Å². The second kappa shape index (κ2) is 7.36. The molecule has 27 heavy (non-hydrogen) atoms. The number of amides is 1. The number of rotatable bonds is 5. The highest BCUT2D eigenvalue weighted by Gasteiger charge is 2.17. The first-order valence-corrected chi connectivity index (χ1v) is 10.3. The molecule has 0 spiro atoms. The van der Waals surface area contributed by atoms with E-state index in [1.165, 1.54) is 12.1 Å². The van der Waals surface area contributed by atoms with Gasteiger partial charge in [-0.2, -0.15) is 0 Å². The van der Waals surface area contributed by atoms with E-state index >= 15 is 0 Å². The molecule has 2 aromatic carbocycles. The maximum Gasteiger partial charge on any atom is 0.252 e. The van der Waals surface area contributed by atoms with Crippen molar-refractivity contribution in [3.8, 4) is 5.69 Å². The molecule has 0 radical (unpaired) electrons. The highest BCUT2D eigenvalue weighted by atomic mass is 32.2. The SMILES string of the molecule is Cc1ccc(S(C)(=O)=O)cc1C(=O)N[C@@H](C)c1ccc(-n2ccnc2)cc1. The van der Waals surface area contributed by atoms with Gasteiger partial charge in [0.15, 0.2) is 9.84 Å². The lowest BCUT2D eigenvalue weighted by Crippen LogP contribution is -2.27. The Hall–Kier alpha value is -2.93. The summed E-state index contributed by atoms with van der Waals surface area (Å²) in [5, 5.41) is 2.93. The lowest BCUT2D eigenvalue weighted by molar-refractivity contribution is 0.0939. The van der Waals surface area contributed by atoms with Crippen LogP contribution in [0.15, 0.2) is 66.1 Å². The minimum atomic E-state index is -3.37. The topological polar surface area (TPSA) is 81.1 Å². The zero-order chi connectivity index (χ0) is 19.6. The Morgan fingerprint density at radius 2 is 1.85 bits per heavy atom. The standard InChI is InChI=1S/C20H21N3O3S/c1-14-4-9-18(27(3,25)26)12-19(14)20(24)22-15(2)16-5-7-17(8-6-16)23-11-10-21-13-23/h4-13,15H,1-3H3,(H,22,24)/t15-/m0/s1. The van der Waals surface area contributed by atoms with Gasteiger partial charge in [0.1, 0.15) is 0 Å². The number of hydrogen-bond donors (Lipinski definition) is 1. The van der Waals surface area contributed by atoms with Gasteiger partial charge in [-0.1, -0.05) is 18.2 Å². The van der Waals surface area contributed by atoms with Gasteiger partial charge in [0.25, 0.3) is 5.91 Å². The molecule has 0 fully saturated rings. The molecule has 0 aliphatic carbocycles. The second-order valence-corrected chi connectivity index (χ2v) is 8.52. The molecule has 0 unspecified atom stereocenters. The first-order valence-electron chi connectivity index (χ1n) is 8.45. The minimum absolute atomic E-state index is 0.135. The van der Waals surface area contributed by atoms with Crippen LogP contribution in [0.25, 0.3) is 5.69 Å². The average Bonchev–Trinajstić information content (AvgIpc) is 3.15. The number of hydrogen-bond acceptors (Lipinski definition) is 4. The van der Waals surface area contributed by atoms with Crippen LogP contribution in [0.3, 0.4) is 0 Å². The fourth-order valence-corrected chi connectivity index (χ4v) is 3.43. The molecule has 1 N–H and O–H groups in total. The van der Waals surface area contributed by atoms with E-state index < -0.39 is 9.84 Å². The summed E-state index contributed by atoms with van der Waals surface area (Å²) in [6, 6.07) is 12.2. The van der Waals surface area contributed by atoms with E-state index in [2.05, 4.69) is 10.3 Å². The molecule has 1 aromatic heterocycles. The molecule has 3 aromatic rings. The van der Waals surface area contributed by atoms with Gasteiger partial charge in [-0.05, 0) is 49.2 Å². The van der Waals surface area contributed by atoms with Gasteiger partial charge in [0, 0.05) is 29.9 Å². The Morgan fingerprint density at radius 3 is 2.44 bits per heavy atom. The van der Waals surface area contributed by atoms with Gasteiger partial charge in [-0.25, -0.2) is 13.4 Å². The van der Waals surface area contributed by atoms with Crippen molar-refractivity contribution in [3.63, 3.8) is 0 Å². The summed E-state index contributed by atoms with van der Waals surface area (Å²) in [4.78, 5) is 16.8. The first kappa shape index (κ1) is 18.8. The molecule has 0 saturated carbocycles. The van der Waals surface area contributed by atoms with Crippen molar-refractivity contribution in [2.45, 2.75) is 24.8 Å². The van der Waals surface area contributed by atoms with Crippen LogP contribution in [0.4, 0.5) is 0 Å². The maximum atomic E-state index is 12.7. The molecule has 1 amide bonds. The van der Waals surface area contributed by atoms with E-state index in [1.54, 1.807) is 25.5 Å². The second-order valence-electron chi connectivity index (χ2n) is 6.51. The summed E-state index contributed by atoms with van der Waals surface area (Å²) in [6.45, 7) is 3.67. The van der Waals surface area contributed by atoms with Crippen LogP contribution in [0, 0.1) is 6.92 Å². The van der Waals surface area contributed by atoms with Crippen LogP contribution in [0.2, 0.25) is 0 Å². The summed E-state index contributed by atoms with van der Waals surface area (Å²) in [5.74, 6) is -0.302. The molecule has 7 heteroatoms. The van der Waals surface area contributed by atoms with Crippen molar-refractivity contribution < 1.29 is 13.2 Å². The van der Waals surface area contributed by atoms with Gasteiger partial charge in [0.05, 0.1) is 17.3 Å². The predicted molar refractivity (Wildman–Crippen MR) is 104 cm³/mol. The zero-order valence-corrected chi connectivity index (χ0v) is 16.2. The van der Waals surface area contributed by atoms with E-state index in [4.69, 9.17) is 0 Å². The lowest BCUT2D eigenvalue weighted by atomic mass is 10.1. The van der Waals surface area contributed by atoms with E-state index in [1.807, 2.05) is 42.0 Å². The Balaban J connectivity index is 1.78. The summed E-state index contributed by atoms with van der Waals surface area (Å²) >= 11 is 0. The van der Waals surface area contributed by atoms with Crippen LogP contribution in [-0.2, 0) is 9.84 Å². The number of imidazole rings is 1. The molecule has 1 heterocycles. The molecule has 140 valence electrons. The third-order valence-electron chi connectivity index (χ3n) is 4.43. The van der Waals surface area contributed by atoms with E-state index in [0.717, 1.165) is 23.1 Å². The number of sulfone groups is 1. The number of benzene rings is 2. The third kappa shape index (κ3) is 4.25. The van der Waals surface area contributed by atoms with Gasteiger partial charge >= 0.3 is 0 Å². The van der Waals surface area contributed by atoms with Crippen LogP contribution >= 0.6 is 0 Å². The van der Waals surface area contributed by atoms with E-state index in [-0.39, 0.29) is 16.8 Å². The summed E-state index contributed by atoms with van der Waals surface area (Å²) in [5.41, 5.74) is 3.01. The molecule has 0 bridgehead atoms. The maximum absolute atomic E-state index is 12.7. The molecule has 3 rings (SSSR count). The number of aromatic nitrogens is 2. The number of nitrogens with one attached hydrogen (secondary N) is 1. The van der Waals surface area contributed by atoms with Crippen LogP contribution in [0.1, 0.15) is 34.5 Å². The molecule has 0 aliphatic rings. The quantitative estimate of drug-likeness (QED) is 0.734. The van der Waals surface area contributed by atoms with Gasteiger partial charge in [-0.15, -0.1) is 0 Å². The highest BCUT2D eigenvalue weighted by molar-refractivity contribution is 7.90. The molecule has 1 atom stereocenters. The van der Waals surface area contributed by atoms with Crippen molar-refractivity contribution >= 4 is 15.7 Å². The van der Waals surface area contributed by atoms with Crippen molar-refractivity contribution in [1.29, 1.82) is 0 Å². The smallest absolute Gasteiger partial charge is 0.252 e. The van der Waals surface area contributed by atoms with E-state index in [9.17, 15) is 13.2 Å². The summed E-state index contributed by atoms with van der Waals surface area (Å²) in [7, 11) is -3.37. The lowest BCUT2D eigenvalue weighted by Gasteiger charge is -2.16. The Kier molecular flexibility index (Phi) is 5.14. The molecule has 0 aliphatic heterocycles. The van der Waals surface area contributed by atoms with Gasteiger partial charge < -0.3 is 9.88 Å². The number of nitrogens with zero attached hydrogens (tertiary/aromatic N) is 2. The normalized spacial score (nSPS) is 12.6. The zero-order valence-electron chi connectivity index (χ0n) is 15.4. The van der Waals surface area contributed by atoms with Crippen molar-refractivity contribution in [3.05, 3.63) is 77.9 Å². The minimum Gasteiger partial charge on any atom is -0.346 e. The van der Waals surface area contributed by atoms with Crippen molar-refractivity contribution in [2.75, 3.05) is 6.26 Å². The Morgan fingerprint density at radius 1 is 1.15 bits per heavy atom. The summed E-state index contributed by atoms with van der Waals surface area (Å²) < 4.78 is 25.4. The van der Waals surface area contributed by atoms with Crippen molar-refractivity contribution in [1.82, 2.24) is 14.9 Å². The van der Waals surface area contributed by atoms with E-state index in [0.29, 0.717) is 5.56 Å². The average molecular weight is 383 g/mol. The van der Waals surface area contributed by atoms with Gasteiger partial charge in [0.2, 0.25) is 0 Å². The Bertz CT molecular complexity index is 1060. The first-order chi connectivity index (χ1) is 12.8. The summed E-state index contributed by atoms with van der Waals surface area (Å²) in [6.07, 6.45) is 6.42. The van der Waals surface area contributed by atoms with Gasteiger partial charge in [-0.3, -0.25) is 4.79 Å². The van der Waals surface area contributed by atoms with Crippen LogP contribution in [0.5, 0.6) is 0 Å². The third-order valence-corrected chi connectivity index (χ3v) is 5.54. The van der Waals surface area contributed by atoms with Crippen LogP contribution in [-0.4, -0.2) is 30.1 Å². The fraction of sp³-hybridized carbons (Fsp3) is 0.200. The highest BCUT2D eigenvalue weighted by Crippen LogP contribution is 2.19. The molecule has 6 nitrogen and oxygen atoms in total. The molecular formula is C20H21N3O3S. The predicted octanol–water partition coefficient (Wildman–Crippen LogP) is 3.08. The monoisotopic (exact) mass is 383 g/mol. The number of aryl methyl sites for hydroxylation is 1. The fourth-order valence-electron chi connectivity index (χ4n) is 2.78. The molecule has 0 saturated heterocycles.